The van der Waals surface area contributed by atoms with Gasteiger partial charge in [0.25, 0.3) is 5.56 Å². The van der Waals surface area contributed by atoms with E-state index in [1.54, 1.807) is 22.9 Å². The summed E-state index contributed by atoms with van der Waals surface area (Å²) < 4.78 is 1.72. The minimum absolute atomic E-state index is 0.0399. The van der Waals surface area contributed by atoms with Crippen LogP contribution in [0.5, 0.6) is 0 Å². The van der Waals surface area contributed by atoms with Crippen molar-refractivity contribution in [1.82, 2.24) is 9.47 Å². The van der Waals surface area contributed by atoms with Crippen LogP contribution in [0, 0.1) is 0 Å². The van der Waals surface area contributed by atoms with E-state index in [9.17, 15) is 4.79 Å². The number of hydrogen-bond donors (Lipinski definition) is 1. The maximum absolute atomic E-state index is 11.7. The fraction of sp³-hybridized carbons (Fsp3) is 0.667. The van der Waals surface area contributed by atoms with Gasteiger partial charge < -0.3 is 15.2 Å². The zero-order chi connectivity index (χ0) is 13.7. The maximum atomic E-state index is 11.7. The van der Waals surface area contributed by atoms with Crippen molar-refractivity contribution < 1.29 is 0 Å². The van der Waals surface area contributed by atoms with Crippen LogP contribution in [0.15, 0.2) is 23.1 Å². The van der Waals surface area contributed by atoms with E-state index in [1.165, 1.54) is 32.2 Å². The third kappa shape index (κ3) is 4.10. The van der Waals surface area contributed by atoms with E-state index in [2.05, 4.69) is 11.8 Å². The fourth-order valence-corrected chi connectivity index (χ4v) is 2.84. The summed E-state index contributed by atoms with van der Waals surface area (Å²) in [5.41, 5.74) is 6.41. The third-order valence-corrected chi connectivity index (χ3v) is 4.04. The molecule has 1 aromatic heterocycles. The monoisotopic (exact) mass is 263 g/mol. The van der Waals surface area contributed by atoms with Crippen molar-refractivity contribution in [2.24, 2.45) is 0 Å². The molecule has 1 aromatic rings. The molecule has 106 valence electrons. The first-order valence-electron chi connectivity index (χ1n) is 7.37. The highest BCUT2D eigenvalue weighted by molar-refractivity contribution is 5.33. The molecule has 0 spiro atoms. The summed E-state index contributed by atoms with van der Waals surface area (Å²) >= 11 is 0. The van der Waals surface area contributed by atoms with Gasteiger partial charge in [-0.2, -0.15) is 0 Å². The number of likely N-dealkylation sites (tertiary alicyclic amines) is 1. The summed E-state index contributed by atoms with van der Waals surface area (Å²) in [7, 11) is 0. The Balaban J connectivity index is 1.85. The van der Waals surface area contributed by atoms with Gasteiger partial charge in [0, 0.05) is 37.1 Å². The number of pyridine rings is 1. The zero-order valence-corrected chi connectivity index (χ0v) is 11.8. The van der Waals surface area contributed by atoms with E-state index in [-0.39, 0.29) is 5.56 Å². The molecule has 0 saturated carbocycles. The van der Waals surface area contributed by atoms with Crippen LogP contribution in [0.4, 0.5) is 5.69 Å². The zero-order valence-electron chi connectivity index (χ0n) is 11.8. The first-order valence-corrected chi connectivity index (χ1v) is 7.37. The second-order valence-corrected chi connectivity index (χ2v) is 5.58. The van der Waals surface area contributed by atoms with Crippen LogP contribution in [0.25, 0.3) is 0 Å². The van der Waals surface area contributed by atoms with Crippen molar-refractivity contribution >= 4 is 5.69 Å². The van der Waals surface area contributed by atoms with E-state index >= 15 is 0 Å². The second kappa shape index (κ2) is 6.75. The average molecular weight is 263 g/mol. The summed E-state index contributed by atoms with van der Waals surface area (Å²) in [6.45, 7) is 5.35. The average Bonchev–Trinajstić information content (AvgIpc) is 2.59. The van der Waals surface area contributed by atoms with E-state index in [4.69, 9.17) is 5.73 Å². The second-order valence-electron chi connectivity index (χ2n) is 5.58. The predicted octanol–water partition coefficient (Wildman–Crippen LogP) is 2.09. The van der Waals surface area contributed by atoms with Crippen LogP contribution in [-0.4, -0.2) is 28.6 Å². The van der Waals surface area contributed by atoms with E-state index < -0.39 is 0 Å². The Morgan fingerprint density at radius 2 is 2.11 bits per heavy atom. The Kier molecular flexibility index (Phi) is 5.02. The first-order chi connectivity index (χ1) is 9.16. The summed E-state index contributed by atoms with van der Waals surface area (Å²) in [5, 5.41) is 0. The van der Waals surface area contributed by atoms with Gasteiger partial charge in [-0.15, -0.1) is 0 Å². The number of nitrogens with zero attached hydrogens (tertiary/aromatic N) is 2. The van der Waals surface area contributed by atoms with Gasteiger partial charge in [0.2, 0.25) is 0 Å². The lowest BCUT2D eigenvalue weighted by Crippen LogP contribution is -2.34. The predicted molar refractivity (Wildman–Crippen MR) is 79.2 cm³/mol. The molecule has 0 bridgehead atoms. The van der Waals surface area contributed by atoms with Crippen molar-refractivity contribution in [1.29, 1.82) is 0 Å². The van der Waals surface area contributed by atoms with Gasteiger partial charge in [-0.25, -0.2) is 0 Å². The highest BCUT2D eigenvalue weighted by Crippen LogP contribution is 2.16. The van der Waals surface area contributed by atoms with Crippen molar-refractivity contribution in [2.75, 3.05) is 18.8 Å². The molecule has 1 aliphatic rings. The molecule has 0 amide bonds. The van der Waals surface area contributed by atoms with Crippen molar-refractivity contribution in [3.8, 4) is 0 Å². The standard InChI is InChI=1S/C15H25N3O/c1-13-6-3-2-4-9-17(13)10-5-11-18-12-14(16)7-8-15(18)19/h7-8,12-13H,2-6,9-11,16H2,1H3. The van der Waals surface area contributed by atoms with Gasteiger partial charge in [0.15, 0.2) is 0 Å². The third-order valence-electron chi connectivity index (χ3n) is 4.04. The number of anilines is 1. The molecule has 1 fully saturated rings. The number of aromatic nitrogens is 1. The molecular formula is C15H25N3O. The lowest BCUT2D eigenvalue weighted by molar-refractivity contribution is 0.207. The Morgan fingerprint density at radius 1 is 1.26 bits per heavy atom. The Hall–Kier alpha value is -1.29. The normalized spacial score (nSPS) is 21.2. The first kappa shape index (κ1) is 14.1. The maximum Gasteiger partial charge on any atom is 0.250 e. The quantitative estimate of drug-likeness (QED) is 0.905. The number of nitrogens with two attached hydrogens (primary N) is 1. The van der Waals surface area contributed by atoms with E-state index in [0.717, 1.165) is 19.5 Å². The molecule has 0 aliphatic carbocycles. The molecule has 2 heterocycles. The molecule has 1 atom stereocenters. The molecule has 1 saturated heterocycles. The molecule has 4 nitrogen and oxygen atoms in total. The summed E-state index contributed by atoms with van der Waals surface area (Å²) in [4.78, 5) is 14.2. The summed E-state index contributed by atoms with van der Waals surface area (Å²) in [6.07, 6.45) is 8.07. The van der Waals surface area contributed by atoms with Crippen LogP contribution in [0.3, 0.4) is 0 Å². The highest BCUT2D eigenvalue weighted by atomic mass is 16.1. The summed E-state index contributed by atoms with van der Waals surface area (Å²) in [6, 6.07) is 3.89. The van der Waals surface area contributed by atoms with Gasteiger partial charge in [-0.05, 0) is 38.8 Å². The molecule has 1 unspecified atom stereocenters. The topological polar surface area (TPSA) is 51.3 Å². The van der Waals surface area contributed by atoms with Gasteiger partial charge in [-0.3, -0.25) is 4.79 Å². The van der Waals surface area contributed by atoms with Crippen LogP contribution in [-0.2, 0) is 6.54 Å². The highest BCUT2D eigenvalue weighted by Gasteiger charge is 2.15. The van der Waals surface area contributed by atoms with Crippen molar-refractivity contribution in [3.05, 3.63) is 28.7 Å². The van der Waals surface area contributed by atoms with Gasteiger partial charge in [-0.1, -0.05) is 12.8 Å². The Bertz CT molecular complexity index is 455. The number of hydrogen-bond acceptors (Lipinski definition) is 3. The van der Waals surface area contributed by atoms with Crippen molar-refractivity contribution in [3.63, 3.8) is 0 Å². The summed E-state index contributed by atoms with van der Waals surface area (Å²) in [5.74, 6) is 0. The number of rotatable bonds is 4. The lowest BCUT2D eigenvalue weighted by atomic mass is 10.1. The molecule has 1 aliphatic heterocycles. The van der Waals surface area contributed by atoms with Crippen LogP contribution >= 0.6 is 0 Å². The van der Waals surface area contributed by atoms with E-state index in [1.807, 2.05) is 0 Å². The largest absolute Gasteiger partial charge is 0.398 e. The van der Waals surface area contributed by atoms with Crippen molar-refractivity contribution in [2.45, 2.75) is 51.6 Å². The van der Waals surface area contributed by atoms with Crippen LogP contribution in [0.2, 0.25) is 0 Å². The SMILES string of the molecule is CC1CCCCCN1CCCn1cc(N)ccc1=O. The lowest BCUT2D eigenvalue weighted by Gasteiger charge is -2.26. The van der Waals surface area contributed by atoms with E-state index in [0.29, 0.717) is 11.7 Å². The minimum atomic E-state index is 0.0399. The minimum Gasteiger partial charge on any atom is -0.398 e. The van der Waals surface area contributed by atoms with Gasteiger partial charge in [0.1, 0.15) is 0 Å². The molecule has 0 radical (unpaired) electrons. The van der Waals surface area contributed by atoms with Crippen LogP contribution < -0.4 is 11.3 Å². The van der Waals surface area contributed by atoms with Gasteiger partial charge >= 0.3 is 0 Å². The Labute approximate surface area is 115 Å². The molecule has 0 aromatic carbocycles. The number of nitrogen functional groups attached to an aromatic ring is 1. The fourth-order valence-electron chi connectivity index (χ4n) is 2.84. The van der Waals surface area contributed by atoms with Gasteiger partial charge in [0.05, 0.1) is 0 Å². The molecular weight excluding hydrogens is 238 g/mol. The smallest absolute Gasteiger partial charge is 0.250 e. The van der Waals surface area contributed by atoms with Crippen LogP contribution in [0.1, 0.15) is 39.0 Å². The molecule has 2 N–H and O–H groups in total. The Morgan fingerprint density at radius 3 is 2.95 bits per heavy atom. The molecule has 4 heteroatoms. The number of aryl methyl sites for hydroxylation is 1. The molecule has 2 rings (SSSR count). The molecule has 19 heavy (non-hydrogen) atoms.